The van der Waals surface area contributed by atoms with E-state index < -0.39 is 5.82 Å². The number of carbonyl (C=O) groups excluding carboxylic acids is 1. The van der Waals surface area contributed by atoms with Crippen molar-refractivity contribution in [1.29, 1.82) is 0 Å². The largest absolute Gasteiger partial charge is 0.461 e. The number of anilines is 1. The smallest absolute Gasteiger partial charge is 0.319 e. The van der Waals surface area contributed by atoms with Gasteiger partial charge in [-0.05, 0) is 69.6 Å². The van der Waals surface area contributed by atoms with E-state index in [1.165, 1.54) is 0 Å². The number of nitrogens with zero attached hydrogens (tertiary/aromatic N) is 7. The van der Waals surface area contributed by atoms with Gasteiger partial charge in [-0.1, -0.05) is 47.9 Å². The van der Waals surface area contributed by atoms with Crippen molar-refractivity contribution in [2.75, 3.05) is 71.5 Å². The second-order valence-electron chi connectivity index (χ2n) is 14.0. The monoisotopic (exact) mass is 697 g/mol. The van der Waals surface area contributed by atoms with Crippen molar-refractivity contribution in [3.63, 3.8) is 0 Å². The van der Waals surface area contributed by atoms with Crippen LogP contribution in [0.25, 0.3) is 32.9 Å². The number of benzene rings is 2. The average molecular weight is 698 g/mol. The molecular weight excluding hydrogens is 657 g/mol. The van der Waals surface area contributed by atoms with Gasteiger partial charge in [-0.25, -0.2) is 4.39 Å². The zero-order chi connectivity index (χ0) is 34.4. The number of likely N-dealkylation sites (N-methyl/N-ethyl adjacent to an activating group) is 2. The lowest BCUT2D eigenvalue weighted by Crippen LogP contribution is -2.43. The fourth-order valence-corrected chi connectivity index (χ4v) is 8.46. The number of ether oxygens (including phenoxy) is 2. The highest BCUT2D eigenvalue weighted by Gasteiger charge is 2.45. The summed E-state index contributed by atoms with van der Waals surface area (Å²) in [6.07, 6.45) is 6.75. The van der Waals surface area contributed by atoms with Crippen molar-refractivity contribution in [3.8, 4) is 29.1 Å². The van der Waals surface area contributed by atoms with Crippen LogP contribution in [0.5, 0.6) is 6.01 Å². The predicted octanol–water partition coefficient (Wildman–Crippen LogP) is 5.02. The number of morpholine rings is 1. The Bertz CT molecular complexity index is 2000. The molecule has 0 saturated carbocycles. The standard InChI is InChI=1S/C38H41ClFN7O3/c1-44-19-20-49-23-27(44)11-12-31(48)46-18-13-26(22-46)45(2)36-29-21-41-34(28-9-3-7-25-8-4-10-30(39)32(25)28)33(40)35(29)42-37(43-36)50-24-38-14-5-16-47(38)17-6-15-38/h3-4,7-10,21,26-27H,5-6,13-20,22-24H2,1-2H3. The van der Waals surface area contributed by atoms with Crippen molar-refractivity contribution in [1.82, 2.24) is 29.7 Å². The van der Waals surface area contributed by atoms with Gasteiger partial charge >= 0.3 is 6.01 Å². The van der Waals surface area contributed by atoms with E-state index >= 15 is 4.39 Å². The Balaban J connectivity index is 1.13. The number of pyridine rings is 1. The molecule has 6 heterocycles. The van der Waals surface area contributed by atoms with Gasteiger partial charge in [0.15, 0.2) is 5.82 Å². The summed E-state index contributed by atoms with van der Waals surface area (Å²) < 4.78 is 28.8. The third-order valence-corrected chi connectivity index (χ3v) is 11.4. The van der Waals surface area contributed by atoms with Gasteiger partial charge in [0, 0.05) is 54.9 Å². The first-order valence-corrected chi connectivity index (χ1v) is 17.9. The number of likely N-dealkylation sites (tertiary alicyclic amines) is 1. The van der Waals surface area contributed by atoms with Crippen molar-refractivity contribution in [2.24, 2.45) is 0 Å². The second kappa shape index (κ2) is 13.6. The Hall–Kier alpha value is -4.08. The van der Waals surface area contributed by atoms with E-state index in [0.29, 0.717) is 61.1 Å². The number of hydrogen-bond acceptors (Lipinski definition) is 9. The molecule has 0 aliphatic carbocycles. The van der Waals surface area contributed by atoms with Crippen molar-refractivity contribution < 1.29 is 18.7 Å². The van der Waals surface area contributed by atoms with E-state index in [2.05, 4.69) is 26.6 Å². The number of aromatic nitrogens is 3. The lowest BCUT2D eigenvalue weighted by atomic mass is 9.95. The van der Waals surface area contributed by atoms with Crippen molar-refractivity contribution in [3.05, 3.63) is 53.4 Å². The molecule has 0 radical (unpaired) electrons. The molecule has 8 rings (SSSR count). The van der Waals surface area contributed by atoms with Gasteiger partial charge < -0.3 is 19.3 Å². The number of rotatable bonds is 6. The molecule has 2 unspecified atom stereocenters. The minimum atomic E-state index is -0.562. The van der Waals surface area contributed by atoms with Gasteiger partial charge in [-0.3, -0.25) is 19.6 Å². The summed E-state index contributed by atoms with van der Waals surface area (Å²) in [5.41, 5.74) is 0.856. The lowest BCUT2D eigenvalue weighted by Gasteiger charge is -2.31. The van der Waals surface area contributed by atoms with E-state index in [0.717, 1.165) is 56.1 Å². The normalized spacial score (nSPS) is 22.1. The number of fused-ring (bicyclic) bond motifs is 3. The van der Waals surface area contributed by atoms with Crippen LogP contribution in [-0.2, 0) is 9.53 Å². The minimum Gasteiger partial charge on any atom is -0.461 e. The molecule has 2 aromatic carbocycles. The summed E-state index contributed by atoms with van der Waals surface area (Å²) >= 11 is 6.64. The molecule has 4 aliphatic rings. The summed E-state index contributed by atoms with van der Waals surface area (Å²) in [7, 11) is 3.92. The third-order valence-electron chi connectivity index (χ3n) is 11.1. The van der Waals surface area contributed by atoms with Gasteiger partial charge in [0.2, 0.25) is 0 Å². The first-order valence-electron chi connectivity index (χ1n) is 17.5. The highest BCUT2D eigenvalue weighted by molar-refractivity contribution is 6.36. The van der Waals surface area contributed by atoms with Gasteiger partial charge in [0.05, 0.1) is 30.2 Å². The maximum atomic E-state index is 16.8. The van der Waals surface area contributed by atoms with E-state index in [9.17, 15) is 4.79 Å². The first kappa shape index (κ1) is 33.1. The molecule has 0 spiro atoms. The minimum absolute atomic E-state index is 0.0298. The van der Waals surface area contributed by atoms with E-state index in [-0.39, 0.29) is 40.8 Å². The van der Waals surface area contributed by atoms with Gasteiger partial charge in [0.25, 0.3) is 5.91 Å². The summed E-state index contributed by atoms with van der Waals surface area (Å²) in [4.78, 5) is 35.8. The Labute approximate surface area is 296 Å². The van der Waals surface area contributed by atoms with Crippen LogP contribution in [0.3, 0.4) is 0 Å². The Kier molecular flexibility index (Phi) is 8.98. The molecule has 2 aromatic heterocycles. The molecular formula is C38H41ClFN7O3. The maximum Gasteiger partial charge on any atom is 0.319 e. The van der Waals surface area contributed by atoms with E-state index in [1.54, 1.807) is 17.2 Å². The molecule has 50 heavy (non-hydrogen) atoms. The molecule has 0 N–H and O–H groups in total. The summed E-state index contributed by atoms with van der Waals surface area (Å²) in [5.74, 6) is 5.68. The highest BCUT2D eigenvalue weighted by Crippen LogP contribution is 2.40. The molecule has 4 aliphatic heterocycles. The second-order valence-corrected chi connectivity index (χ2v) is 14.4. The lowest BCUT2D eigenvalue weighted by molar-refractivity contribution is -0.124. The zero-order valence-corrected chi connectivity index (χ0v) is 29.3. The molecule has 260 valence electrons. The number of hydrogen-bond donors (Lipinski definition) is 0. The molecule has 0 bridgehead atoms. The molecule has 1 amide bonds. The Morgan fingerprint density at radius 1 is 1.14 bits per heavy atom. The van der Waals surface area contributed by atoms with Crippen molar-refractivity contribution in [2.45, 2.75) is 49.7 Å². The van der Waals surface area contributed by atoms with Crippen LogP contribution in [-0.4, -0.2) is 120 Å². The molecule has 4 aromatic rings. The van der Waals surface area contributed by atoms with Gasteiger partial charge in [-0.2, -0.15) is 9.97 Å². The topological polar surface area (TPSA) is 87.2 Å². The zero-order valence-electron chi connectivity index (χ0n) is 28.5. The quantitative estimate of drug-likeness (QED) is 0.258. The summed E-state index contributed by atoms with van der Waals surface area (Å²) in [6, 6.07) is 11.2. The molecule has 4 fully saturated rings. The highest BCUT2D eigenvalue weighted by atomic mass is 35.5. The Morgan fingerprint density at radius 2 is 1.94 bits per heavy atom. The number of amides is 1. The fourth-order valence-electron chi connectivity index (χ4n) is 8.17. The van der Waals surface area contributed by atoms with Crippen LogP contribution in [0.1, 0.15) is 32.1 Å². The van der Waals surface area contributed by atoms with Crippen molar-refractivity contribution >= 4 is 45.0 Å². The maximum absolute atomic E-state index is 16.8. The summed E-state index contributed by atoms with van der Waals surface area (Å²) in [6.45, 7) is 5.56. The average Bonchev–Trinajstić information content (AvgIpc) is 3.87. The number of halogens is 2. The summed E-state index contributed by atoms with van der Waals surface area (Å²) in [5, 5.41) is 2.62. The molecule has 4 saturated heterocycles. The fraction of sp³-hybridized carbons (Fsp3) is 0.474. The van der Waals surface area contributed by atoms with Crippen LogP contribution in [0, 0.1) is 17.7 Å². The van der Waals surface area contributed by atoms with Crippen LogP contribution in [0.15, 0.2) is 42.6 Å². The molecule has 2 atom stereocenters. The van der Waals surface area contributed by atoms with Crippen LogP contribution in [0.4, 0.5) is 10.2 Å². The van der Waals surface area contributed by atoms with Crippen LogP contribution in [0.2, 0.25) is 5.02 Å². The molecule has 10 nitrogen and oxygen atoms in total. The van der Waals surface area contributed by atoms with Gasteiger partial charge in [0.1, 0.15) is 23.6 Å². The third kappa shape index (κ3) is 6.02. The van der Waals surface area contributed by atoms with Crippen LogP contribution < -0.4 is 9.64 Å². The van der Waals surface area contributed by atoms with E-state index in [1.807, 2.05) is 49.3 Å². The predicted molar refractivity (Wildman–Crippen MR) is 192 cm³/mol. The van der Waals surface area contributed by atoms with Gasteiger partial charge in [-0.15, -0.1) is 0 Å². The number of carbonyl (C=O) groups is 1. The Morgan fingerprint density at radius 3 is 2.74 bits per heavy atom. The van der Waals surface area contributed by atoms with Crippen LogP contribution >= 0.6 is 11.6 Å². The molecule has 12 heteroatoms. The first-order chi connectivity index (χ1) is 24.3. The van der Waals surface area contributed by atoms with E-state index in [4.69, 9.17) is 31.0 Å². The SMILES string of the molecule is CN1CCOCC1C#CC(=O)N1CCC(N(C)c2nc(OCC34CCCN3CCC4)nc3c(F)c(-c4cccc5cccc(Cl)c45)ncc23)C1.